The first-order valence-corrected chi connectivity index (χ1v) is 8.52. The molecule has 0 amide bonds. The van der Waals surface area contributed by atoms with Gasteiger partial charge < -0.3 is 0 Å². The summed E-state index contributed by atoms with van der Waals surface area (Å²) in [7, 11) is 0. The van der Waals surface area contributed by atoms with E-state index in [1.165, 1.54) is 29.5 Å². The van der Waals surface area contributed by atoms with Crippen molar-refractivity contribution in [2.75, 3.05) is 0 Å². The fourth-order valence-corrected chi connectivity index (χ4v) is 2.88. The lowest BCUT2D eigenvalue weighted by atomic mass is 9.86. The van der Waals surface area contributed by atoms with Crippen LogP contribution in [-0.2, 0) is 6.42 Å². The van der Waals surface area contributed by atoms with Gasteiger partial charge in [-0.25, -0.2) is 0 Å². The molecule has 1 nitrogen and oxygen atoms in total. The van der Waals surface area contributed by atoms with Crippen LogP contribution in [0.25, 0.3) is 0 Å². The van der Waals surface area contributed by atoms with Gasteiger partial charge in [0, 0.05) is 12.0 Å². The lowest BCUT2D eigenvalue weighted by Gasteiger charge is -2.19. The first kappa shape index (κ1) is 18.7. The maximum atomic E-state index is 11.7. The fraction of sp³-hybridized carbons (Fsp3) is 0.571. The van der Waals surface area contributed by atoms with Gasteiger partial charge in [0.1, 0.15) is 0 Å². The van der Waals surface area contributed by atoms with Crippen LogP contribution in [0.5, 0.6) is 0 Å². The predicted molar refractivity (Wildman–Crippen MR) is 96.6 cm³/mol. The topological polar surface area (TPSA) is 17.1 Å². The first-order chi connectivity index (χ1) is 10.2. The molecule has 0 unspecified atom stereocenters. The van der Waals surface area contributed by atoms with Gasteiger partial charge >= 0.3 is 0 Å². The summed E-state index contributed by atoms with van der Waals surface area (Å²) in [5, 5.41) is 0. The maximum absolute atomic E-state index is 11.7. The zero-order chi connectivity index (χ0) is 16.8. The van der Waals surface area contributed by atoms with E-state index in [0.29, 0.717) is 11.8 Å². The Morgan fingerprint density at radius 3 is 2.41 bits per heavy atom. The molecule has 122 valence electrons. The summed E-state index contributed by atoms with van der Waals surface area (Å²) in [6.45, 7) is 15.0. The van der Waals surface area contributed by atoms with E-state index >= 15 is 0 Å². The summed E-state index contributed by atoms with van der Waals surface area (Å²) >= 11 is 0. The van der Waals surface area contributed by atoms with E-state index in [9.17, 15) is 4.79 Å². The molecular weight excluding hydrogens is 268 g/mol. The normalized spacial score (nSPS) is 11.5. The number of hydrogen-bond donors (Lipinski definition) is 0. The SMILES string of the molecule is C=C(CCCCc1ccc(C(=O)CC)cc1C)CC(C)(C)C. The molecule has 0 spiro atoms. The van der Waals surface area contributed by atoms with Gasteiger partial charge in [0.25, 0.3) is 0 Å². The Morgan fingerprint density at radius 2 is 1.86 bits per heavy atom. The number of hydrogen-bond acceptors (Lipinski definition) is 1. The monoisotopic (exact) mass is 300 g/mol. The van der Waals surface area contributed by atoms with Gasteiger partial charge in [-0.3, -0.25) is 4.79 Å². The lowest BCUT2D eigenvalue weighted by molar-refractivity contribution is 0.0988. The average molecular weight is 300 g/mol. The van der Waals surface area contributed by atoms with E-state index in [4.69, 9.17) is 0 Å². The third-order valence-corrected chi connectivity index (χ3v) is 3.99. The van der Waals surface area contributed by atoms with Gasteiger partial charge in [-0.1, -0.05) is 52.0 Å². The third kappa shape index (κ3) is 6.60. The maximum Gasteiger partial charge on any atom is 0.162 e. The number of allylic oxidation sites excluding steroid dienone is 1. The molecule has 0 heterocycles. The molecule has 1 heteroatoms. The summed E-state index contributed by atoms with van der Waals surface area (Å²) < 4.78 is 0. The number of aryl methyl sites for hydroxylation is 2. The Balaban J connectivity index is 2.43. The Kier molecular flexibility index (Phi) is 7.06. The molecular formula is C21H32O. The number of carbonyl (C=O) groups is 1. The molecule has 0 N–H and O–H groups in total. The number of unbranched alkanes of at least 4 members (excludes halogenated alkanes) is 1. The van der Waals surface area contributed by atoms with Crippen LogP contribution in [0.15, 0.2) is 30.4 Å². The largest absolute Gasteiger partial charge is 0.294 e. The van der Waals surface area contributed by atoms with Crippen molar-refractivity contribution in [2.24, 2.45) is 5.41 Å². The summed E-state index contributed by atoms with van der Waals surface area (Å²) in [6, 6.07) is 6.15. The highest BCUT2D eigenvalue weighted by molar-refractivity contribution is 5.96. The highest BCUT2D eigenvalue weighted by atomic mass is 16.1. The molecule has 1 aromatic rings. The Labute approximate surface area is 136 Å². The van der Waals surface area contributed by atoms with E-state index in [0.717, 1.165) is 24.8 Å². The number of Topliss-reactive ketones (excluding diaryl/α,β-unsaturated/α-hetero) is 1. The van der Waals surface area contributed by atoms with Gasteiger partial charge in [-0.2, -0.15) is 0 Å². The highest BCUT2D eigenvalue weighted by Crippen LogP contribution is 2.26. The summed E-state index contributed by atoms with van der Waals surface area (Å²) in [6.07, 6.45) is 6.29. The molecule has 0 bridgehead atoms. The summed E-state index contributed by atoms with van der Waals surface area (Å²) in [5.41, 5.74) is 5.17. The molecule has 0 aromatic heterocycles. The molecule has 0 saturated heterocycles. The van der Waals surface area contributed by atoms with Crippen molar-refractivity contribution in [1.82, 2.24) is 0 Å². The number of benzene rings is 1. The van der Waals surface area contributed by atoms with E-state index < -0.39 is 0 Å². The molecule has 0 fully saturated rings. The third-order valence-electron chi connectivity index (χ3n) is 3.99. The summed E-state index contributed by atoms with van der Waals surface area (Å²) in [4.78, 5) is 11.7. The van der Waals surface area contributed by atoms with Crippen molar-refractivity contribution in [1.29, 1.82) is 0 Å². The van der Waals surface area contributed by atoms with Crippen molar-refractivity contribution in [2.45, 2.75) is 73.1 Å². The molecule has 1 aromatic carbocycles. The Bertz CT molecular complexity index is 517. The smallest absolute Gasteiger partial charge is 0.162 e. The molecule has 1 rings (SSSR count). The fourth-order valence-electron chi connectivity index (χ4n) is 2.88. The molecule has 0 atom stereocenters. The van der Waals surface area contributed by atoms with Crippen LogP contribution >= 0.6 is 0 Å². The quantitative estimate of drug-likeness (QED) is 0.313. The van der Waals surface area contributed by atoms with Crippen molar-refractivity contribution in [3.63, 3.8) is 0 Å². The van der Waals surface area contributed by atoms with Gasteiger partial charge in [-0.15, -0.1) is 0 Å². The minimum absolute atomic E-state index is 0.230. The van der Waals surface area contributed by atoms with Crippen LogP contribution in [0.2, 0.25) is 0 Å². The molecule has 0 saturated carbocycles. The molecule has 0 radical (unpaired) electrons. The minimum atomic E-state index is 0.230. The number of rotatable bonds is 8. The van der Waals surface area contributed by atoms with Crippen molar-refractivity contribution >= 4 is 5.78 Å². The second kappa shape index (κ2) is 8.31. The minimum Gasteiger partial charge on any atom is -0.294 e. The van der Waals surface area contributed by atoms with Crippen LogP contribution in [0, 0.1) is 12.3 Å². The molecule has 22 heavy (non-hydrogen) atoms. The Hall–Kier alpha value is -1.37. The van der Waals surface area contributed by atoms with Gasteiger partial charge in [0.2, 0.25) is 0 Å². The summed E-state index contributed by atoms with van der Waals surface area (Å²) in [5.74, 6) is 0.230. The molecule has 0 aliphatic rings. The van der Waals surface area contributed by atoms with Gasteiger partial charge in [-0.05, 0) is 61.6 Å². The van der Waals surface area contributed by atoms with Crippen molar-refractivity contribution in [3.8, 4) is 0 Å². The van der Waals surface area contributed by atoms with Gasteiger partial charge in [0.15, 0.2) is 5.78 Å². The van der Waals surface area contributed by atoms with Gasteiger partial charge in [0.05, 0.1) is 0 Å². The number of ketones is 1. The predicted octanol–water partition coefficient (Wildman–Crippen LogP) is 6.29. The second-order valence-corrected chi connectivity index (χ2v) is 7.61. The van der Waals surface area contributed by atoms with Crippen LogP contribution < -0.4 is 0 Å². The lowest BCUT2D eigenvalue weighted by Crippen LogP contribution is -2.05. The Morgan fingerprint density at radius 1 is 1.18 bits per heavy atom. The molecule has 0 aliphatic carbocycles. The van der Waals surface area contributed by atoms with E-state index in [1.807, 2.05) is 19.1 Å². The van der Waals surface area contributed by atoms with Crippen molar-refractivity contribution < 1.29 is 4.79 Å². The van der Waals surface area contributed by atoms with Crippen LogP contribution in [0.4, 0.5) is 0 Å². The van der Waals surface area contributed by atoms with E-state index in [-0.39, 0.29) is 5.78 Å². The average Bonchev–Trinajstić information content (AvgIpc) is 2.42. The zero-order valence-electron chi connectivity index (χ0n) is 15.1. The number of carbonyl (C=O) groups excluding carboxylic acids is 1. The van der Waals surface area contributed by atoms with Crippen LogP contribution in [-0.4, -0.2) is 5.78 Å². The van der Waals surface area contributed by atoms with Crippen LogP contribution in [0.3, 0.4) is 0 Å². The first-order valence-electron chi connectivity index (χ1n) is 8.52. The van der Waals surface area contributed by atoms with Crippen molar-refractivity contribution in [3.05, 3.63) is 47.0 Å². The van der Waals surface area contributed by atoms with Crippen LogP contribution in [0.1, 0.15) is 81.3 Å². The van der Waals surface area contributed by atoms with E-state index in [1.54, 1.807) is 0 Å². The molecule has 0 aliphatic heterocycles. The highest BCUT2D eigenvalue weighted by Gasteiger charge is 2.11. The van der Waals surface area contributed by atoms with E-state index in [2.05, 4.69) is 40.3 Å². The standard InChI is InChI=1S/C21H32O/c1-7-20(22)19-13-12-18(17(3)14-19)11-9-8-10-16(2)15-21(4,5)6/h12-14H,2,7-11,15H2,1,3-6H3. The second-order valence-electron chi connectivity index (χ2n) is 7.61. The zero-order valence-corrected chi connectivity index (χ0v) is 15.1.